The van der Waals surface area contributed by atoms with Crippen LogP contribution in [-0.4, -0.2) is 6.04 Å². The summed E-state index contributed by atoms with van der Waals surface area (Å²) in [7, 11) is 0. The van der Waals surface area contributed by atoms with E-state index in [0.29, 0.717) is 0 Å². The maximum atomic E-state index is 3.54. The van der Waals surface area contributed by atoms with Gasteiger partial charge in [0.15, 0.2) is 0 Å². The second kappa shape index (κ2) is 3.39. The highest BCUT2D eigenvalue weighted by Crippen LogP contribution is 2.39. The van der Waals surface area contributed by atoms with E-state index in [1.807, 2.05) is 0 Å². The summed E-state index contributed by atoms with van der Waals surface area (Å²) in [6.07, 6.45) is 5.56. The first-order chi connectivity index (χ1) is 6.92. The fraction of sp³-hybridized carbons (Fsp3) is 0.538. The number of nitrogens with one attached hydrogen (secondary N) is 1. The van der Waals surface area contributed by atoms with Gasteiger partial charge in [-0.2, -0.15) is 0 Å². The molecule has 1 aromatic carbocycles. The Labute approximate surface area is 85.5 Å². The molecule has 3 rings (SSSR count). The van der Waals surface area contributed by atoms with Crippen LogP contribution in [0.25, 0.3) is 0 Å². The average molecular weight is 187 g/mol. The van der Waals surface area contributed by atoms with E-state index in [1.54, 1.807) is 5.56 Å². The summed E-state index contributed by atoms with van der Waals surface area (Å²) in [5, 5.41) is 3.54. The first-order valence-corrected chi connectivity index (χ1v) is 5.74. The Balaban J connectivity index is 1.60. The molecule has 0 heterocycles. The normalized spacial score (nSPS) is 21.1. The third kappa shape index (κ3) is 1.98. The third-order valence-corrected chi connectivity index (χ3v) is 3.20. The molecule has 1 N–H and O–H groups in total. The standard InChI is InChI=1S/C13H17N/c1-3-11(12-5-6-12)4-2-10(1)9-14-13-7-8-13/h1-4,12-14H,5-9H2. The Bertz CT molecular complexity index is 307. The summed E-state index contributed by atoms with van der Waals surface area (Å²) in [5.74, 6) is 0.889. The van der Waals surface area contributed by atoms with Crippen molar-refractivity contribution in [2.75, 3.05) is 0 Å². The molecule has 0 bridgehead atoms. The van der Waals surface area contributed by atoms with Gasteiger partial charge in [-0.3, -0.25) is 0 Å². The zero-order chi connectivity index (χ0) is 9.38. The monoisotopic (exact) mass is 187 g/mol. The summed E-state index contributed by atoms with van der Waals surface area (Å²) < 4.78 is 0. The Morgan fingerprint density at radius 1 is 1.00 bits per heavy atom. The zero-order valence-electron chi connectivity index (χ0n) is 8.50. The van der Waals surface area contributed by atoms with Crippen LogP contribution in [0, 0.1) is 0 Å². The van der Waals surface area contributed by atoms with Gasteiger partial charge in [-0.05, 0) is 42.7 Å². The van der Waals surface area contributed by atoms with Gasteiger partial charge in [0.05, 0.1) is 0 Å². The van der Waals surface area contributed by atoms with E-state index >= 15 is 0 Å². The number of benzene rings is 1. The lowest BCUT2D eigenvalue weighted by Gasteiger charge is -2.04. The molecule has 2 saturated carbocycles. The molecular weight excluding hydrogens is 170 g/mol. The molecule has 0 aromatic heterocycles. The summed E-state index contributed by atoms with van der Waals surface area (Å²) in [6.45, 7) is 1.05. The van der Waals surface area contributed by atoms with Gasteiger partial charge in [-0.15, -0.1) is 0 Å². The van der Waals surface area contributed by atoms with Crippen LogP contribution in [0.15, 0.2) is 24.3 Å². The van der Waals surface area contributed by atoms with Gasteiger partial charge in [0.2, 0.25) is 0 Å². The first-order valence-electron chi connectivity index (χ1n) is 5.74. The Morgan fingerprint density at radius 3 is 2.29 bits per heavy atom. The predicted octanol–water partition coefficient (Wildman–Crippen LogP) is 2.82. The SMILES string of the molecule is c1cc(C2CC2)ccc1CNC1CC1. The molecule has 1 aromatic rings. The van der Waals surface area contributed by atoms with E-state index in [9.17, 15) is 0 Å². The topological polar surface area (TPSA) is 12.0 Å². The molecule has 0 saturated heterocycles. The molecule has 74 valence electrons. The van der Waals surface area contributed by atoms with E-state index < -0.39 is 0 Å². The van der Waals surface area contributed by atoms with Crippen LogP contribution in [0.2, 0.25) is 0 Å². The maximum Gasteiger partial charge on any atom is 0.0208 e. The van der Waals surface area contributed by atoms with E-state index in [2.05, 4.69) is 29.6 Å². The highest BCUT2D eigenvalue weighted by molar-refractivity contribution is 5.28. The molecule has 2 fully saturated rings. The van der Waals surface area contributed by atoms with Crippen LogP contribution in [-0.2, 0) is 6.54 Å². The fourth-order valence-corrected chi connectivity index (χ4v) is 1.87. The lowest BCUT2D eigenvalue weighted by atomic mass is 10.1. The number of hydrogen-bond donors (Lipinski definition) is 1. The van der Waals surface area contributed by atoms with Gasteiger partial charge in [-0.25, -0.2) is 0 Å². The average Bonchev–Trinajstić information content (AvgIpc) is 3.07. The van der Waals surface area contributed by atoms with Crippen LogP contribution in [0.5, 0.6) is 0 Å². The molecule has 2 aliphatic rings. The summed E-state index contributed by atoms with van der Waals surface area (Å²) >= 11 is 0. The van der Waals surface area contributed by atoms with Crippen molar-refractivity contribution in [3.8, 4) is 0 Å². The van der Waals surface area contributed by atoms with Gasteiger partial charge in [0, 0.05) is 12.6 Å². The van der Waals surface area contributed by atoms with Crippen LogP contribution < -0.4 is 5.32 Å². The van der Waals surface area contributed by atoms with Gasteiger partial charge in [0.1, 0.15) is 0 Å². The Morgan fingerprint density at radius 2 is 1.71 bits per heavy atom. The van der Waals surface area contributed by atoms with Gasteiger partial charge < -0.3 is 5.32 Å². The molecular formula is C13H17N. The second-order valence-electron chi connectivity index (χ2n) is 4.67. The fourth-order valence-electron chi connectivity index (χ4n) is 1.87. The van der Waals surface area contributed by atoms with Crippen LogP contribution >= 0.6 is 0 Å². The lowest BCUT2D eigenvalue weighted by Crippen LogP contribution is -2.15. The third-order valence-electron chi connectivity index (χ3n) is 3.20. The van der Waals surface area contributed by atoms with Crippen molar-refractivity contribution in [2.24, 2.45) is 0 Å². The maximum absolute atomic E-state index is 3.54. The molecule has 0 amide bonds. The predicted molar refractivity (Wildman–Crippen MR) is 58.3 cm³/mol. The number of hydrogen-bond acceptors (Lipinski definition) is 1. The second-order valence-corrected chi connectivity index (χ2v) is 4.67. The van der Waals surface area contributed by atoms with Gasteiger partial charge in [0.25, 0.3) is 0 Å². The Kier molecular flexibility index (Phi) is 2.06. The van der Waals surface area contributed by atoms with Crippen molar-refractivity contribution >= 4 is 0 Å². The Hall–Kier alpha value is -0.820. The van der Waals surface area contributed by atoms with E-state index in [0.717, 1.165) is 18.5 Å². The molecule has 0 spiro atoms. The zero-order valence-corrected chi connectivity index (χ0v) is 8.50. The van der Waals surface area contributed by atoms with Crippen LogP contribution in [0.1, 0.15) is 42.7 Å². The minimum absolute atomic E-state index is 0.818. The molecule has 0 atom stereocenters. The van der Waals surface area contributed by atoms with Crippen molar-refractivity contribution in [1.82, 2.24) is 5.32 Å². The summed E-state index contributed by atoms with van der Waals surface area (Å²) in [6, 6.07) is 9.99. The largest absolute Gasteiger partial charge is 0.310 e. The van der Waals surface area contributed by atoms with E-state index in [-0.39, 0.29) is 0 Å². The first kappa shape index (κ1) is 8.49. The smallest absolute Gasteiger partial charge is 0.0208 e. The highest BCUT2D eigenvalue weighted by Gasteiger charge is 2.23. The molecule has 0 unspecified atom stereocenters. The van der Waals surface area contributed by atoms with Crippen LogP contribution in [0.4, 0.5) is 0 Å². The summed E-state index contributed by atoms with van der Waals surface area (Å²) in [5.41, 5.74) is 2.97. The van der Waals surface area contributed by atoms with Crippen molar-refractivity contribution < 1.29 is 0 Å². The molecule has 1 nitrogen and oxygen atoms in total. The highest BCUT2D eigenvalue weighted by atomic mass is 14.9. The van der Waals surface area contributed by atoms with E-state index in [4.69, 9.17) is 0 Å². The van der Waals surface area contributed by atoms with Crippen molar-refractivity contribution in [3.05, 3.63) is 35.4 Å². The van der Waals surface area contributed by atoms with Crippen LogP contribution in [0.3, 0.4) is 0 Å². The van der Waals surface area contributed by atoms with Crippen molar-refractivity contribution in [2.45, 2.75) is 44.2 Å². The van der Waals surface area contributed by atoms with Crippen molar-refractivity contribution in [1.29, 1.82) is 0 Å². The molecule has 14 heavy (non-hydrogen) atoms. The molecule has 1 heteroatoms. The van der Waals surface area contributed by atoms with E-state index in [1.165, 1.54) is 31.2 Å². The minimum Gasteiger partial charge on any atom is -0.310 e. The molecule has 2 aliphatic carbocycles. The van der Waals surface area contributed by atoms with Gasteiger partial charge in [-0.1, -0.05) is 24.3 Å². The number of rotatable bonds is 4. The molecule has 0 aliphatic heterocycles. The lowest BCUT2D eigenvalue weighted by molar-refractivity contribution is 0.687. The summed E-state index contributed by atoms with van der Waals surface area (Å²) in [4.78, 5) is 0. The minimum atomic E-state index is 0.818. The van der Waals surface area contributed by atoms with Crippen molar-refractivity contribution in [3.63, 3.8) is 0 Å². The van der Waals surface area contributed by atoms with Gasteiger partial charge >= 0.3 is 0 Å². The quantitative estimate of drug-likeness (QED) is 0.764. The molecule has 0 radical (unpaired) electrons.